The van der Waals surface area contributed by atoms with Crippen molar-refractivity contribution in [1.82, 2.24) is 0 Å². The summed E-state index contributed by atoms with van der Waals surface area (Å²) >= 11 is 5.84. The van der Waals surface area contributed by atoms with E-state index in [4.69, 9.17) is 16.3 Å². The van der Waals surface area contributed by atoms with Gasteiger partial charge in [-0.15, -0.1) is 0 Å². The zero-order valence-electron chi connectivity index (χ0n) is 15.9. The third-order valence-corrected chi connectivity index (χ3v) is 7.23. The van der Waals surface area contributed by atoms with Crippen molar-refractivity contribution < 1.29 is 17.9 Å². The van der Waals surface area contributed by atoms with Gasteiger partial charge in [-0.2, -0.15) is 0 Å². The van der Waals surface area contributed by atoms with Crippen LogP contribution in [0.15, 0.2) is 60.7 Å². The van der Waals surface area contributed by atoms with E-state index in [2.05, 4.69) is 11.3 Å². The third-order valence-electron chi connectivity index (χ3n) is 5.72. The normalized spacial score (nSPS) is 23.7. The number of cyclic esters (lactones) is 1. The Bertz CT molecular complexity index is 1050. The van der Waals surface area contributed by atoms with Gasteiger partial charge in [-0.05, 0) is 54.7 Å². The lowest BCUT2D eigenvalue weighted by Gasteiger charge is -2.24. The third kappa shape index (κ3) is 4.19. The molecule has 1 N–H and O–H groups in total. The molecule has 2 aliphatic rings. The average molecular weight is 432 g/mol. The van der Waals surface area contributed by atoms with Gasteiger partial charge in [0.1, 0.15) is 0 Å². The number of hydrogen-bond acceptors (Lipinski definition) is 4. The molecule has 0 spiro atoms. The predicted molar refractivity (Wildman–Crippen MR) is 113 cm³/mol. The summed E-state index contributed by atoms with van der Waals surface area (Å²) in [5.41, 5.74) is 2.70. The zero-order chi connectivity index (χ0) is 20.6. The summed E-state index contributed by atoms with van der Waals surface area (Å²) < 4.78 is 32.8. The Morgan fingerprint density at radius 1 is 1.10 bits per heavy atom. The van der Waals surface area contributed by atoms with Gasteiger partial charge in [-0.1, -0.05) is 48.0 Å². The van der Waals surface area contributed by atoms with Gasteiger partial charge in [-0.25, -0.2) is 8.42 Å². The molecule has 1 aliphatic heterocycles. The largest absolute Gasteiger partial charge is 0.465 e. The van der Waals surface area contributed by atoms with Crippen LogP contribution >= 0.6 is 11.6 Å². The highest BCUT2D eigenvalue weighted by molar-refractivity contribution is 7.91. The molecular formula is C22H22ClNO4S. The molecule has 1 saturated heterocycles. The van der Waals surface area contributed by atoms with Crippen molar-refractivity contribution in [3.8, 4) is 0 Å². The van der Waals surface area contributed by atoms with E-state index >= 15 is 0 Å². The summed E-state index contributed by atoms with van der Waals surface area (Å²) in [6.45, 7) is 4.52. The summed E-state index contributed by atoms with van der Waals surface area (Å²) in [5.74, 6) is -0.0982. The van der Waals surface area contributed by atoms with E-state index in [1.165, 1.54) is 0 Å². The molecule has 5 nitrogen and oxygen atoms in total. The topological polar surface area (TPSA) is 72.5 Å². The minimum absolute atomic E-state index is 0.134. The van der Waals surface area contributed by atoms with E-state index in [-0.39, 0.29) is 17.6 Å². The fourth-order valence-electron chi connectivity index (χ4n) is 4.33. The summed E-state index contributed by atoms with van der Waals surface area (Å²) in [6, 6.07) is 13.9. The fraction of sp³-hybridized carbons (Fsp3) is 0.318. The van der Waals surface area contributed by atoms with Crippen LogP contribution in [0.3, 0.4) is 0 Å². The Kier molecular flexibility index (Phi) is 5.17. The molecule has 4 rings (SSSR count). The second-order valence-electron chi connectivity index (χ2n) is 7.94. The van der Waals surface area contributed by atoms with Gasteiger partial charge in [0.2, 0.25) is 10.0 Å². The maximum absolute atomic E-state index is 12.4. The van der Waals surface area contributed by atoms with Crippen molar-refractivity contribution in [2.75, 3.05) is 11.3 Å². The highest BCUT2D eigenvalue weighted by Crippen LogP contribution is 2.52. The molecule has 29 heavy (non-hydrogen) atoms. The highest BCUT2D eigenvalue weighted by Gasteiger charge is 2.55. The molecule has 152 valence electrons. The Hall–Kier alpha value is -2.31. The molecule has 1 aliphatic carbocycles. The highest BCUT2D eigenvalue weighted by atomic mass is 35.5. The van der Waals surface area contributed by atoms with Crippen molar-refractivity contribution in [3.63, 3.8) is 0 Å². The monoisotopic (exact) mass is 431 g/mol. The Balaban J connectivity index is 1.44. The van der Waals surface area contributed by atoms with Crippen LogP contribution in [0.2, 0.25) is 5.02 Å². The van der Waals surface area contributed by atoms with Crippen LogP contribution in [0, 0.1) is 11.3 Å². The SMILES string of the molecule is C=C1CC2COC(=O)C2(Cc2ccc(NS(=O)(=O)Cc3ccc(Cl)cc3)cc2)C1. The standard InChI is InChI=1S/C22H22ClNO4S/c1-15-10-18-13-28-21(25)22(18,11-15)12-16-4-8-20(9-5-16)24-29(26,27)14-17-2-6-19(23)7-3-17/h2-9,18,24H,1,10-14H2. The first-order valence-corrected chi connectivity index (χ1v) is 11.5. The molecule has 0 bridgehead atoms. The fourth-order valence-corrected chi connectivity index (χ4v) is 5.66. The molecule has 2 fully saturated rings. The molecule has 1 heterocycles. The summed E-state index contributed by atoms with van der Waals surface area (Å²) in [7, 11) is -3.55. The Labute approximate surface area is 175 Å². The lowest BCUT2D eigenvalue weighted by Crippen LogP contribution is -2.31. The molecule has 1 saturated carbocycles. The molecule has 7 heteroatoms. The lowest BCUT2D eigenvalue weighted by molar-refractivity contribution is -0.146. The smallest absolute Gasteiger partial charge is 0.313 e. The number of carbonyl (C=O) groups excluding carboxylic acids is 1. The quantitative estimate of drug-likeness (QED) is 0.545. The van der Waals surface area contributed by atoms with Crippen LogP contribution in [-0.2, 0) is 31.7 Å². The van der Waals surface area contributed by atoms with Gasteiger partial charge in [0.25, 0.3) is 0 Å². The lowest BCUT2D eigenvalue weighted by atomic mass is 9.75. The van der Waals surface area contributed by atoms with E-state index < -0.39 is 15.4 Å². The van der Waals surface area contributed by atoms with Crippen LogP contribution in [-0.4, -0.2) is 21.0 Å². The Morgan fingerprint density at radius 3 is 2.45 bits per heavy atom. The number of hydrogen-bond donors (Lipinski definition) is 1. The molecule has 2 atom stereocenters. The van der Waals surface area contributed by atoms with E-state index in [0.29, 0.717) is 35.7 Å². The predicted octanol–water partition coefficient (Wildman–Crippen LogP) is 4.33. The van der Waals surface area contributed by atoms with Crippen LogP contribution in [0.1, 0.15) is 24.0 Å². The number of ether oxygens (including phenoxy) is 1. The first-order chi connectivity index (χ1) is 13.8. The van der Waals surface area contributed by atoms with Gasteiger partial charge < -0.3 is 4.74 Å². The van der Waals surface area contributed by atoms with E-state index in [9.17, 15) is 13.2 Å². The van der Waals surface area contributed by atoms with Crippen LogP contribution in [0.5, 0.6) is 0 Å². The number of anilines is 1. The summed E-state index contributed by atoms with van der Waals surface area (Å²) in [5, 5.41) is 0.563. The molecule has 2 aromatic rings. The second kappa shape index (κ2) is 7.50. The number of rotatable bonds is 6. The maximum atomic E-state index is 12.4. The van der Waals surface area contributed by atoms with Gasteiger partial charge in [0, 0.05) is 16.6 Å². The second-order valence-corrected chi connectivity index (χ2v) is 10.1. The van der Waals surface area contributed by atoms with Gasteiger partial charge in [-0.3, -0.25) is 9.52 Å². The molecule has 0 radical (unpaired) electrons. The molecule has 0 aromatic heterocycles. The zero-order valence-corrected chi connectivity index (χ0v) is 17.4. The van der Waals surface area contributed by atoms with E-state index in [1.807, 2.05) is 12.1 Å². The average Bonchev–Trinajstić information content (AvgIpc) is 3.13. The van der Waals surface area contributed by atoms with Crippen LogP contribution in [0.25, 0.3) is 0 Å². The number of nitrogens with one attached hydrogen (secondary N) is 1. The minimum atomic E-state index is -3.55. The maximum Gasteiger partial charge on any atom is 0.313 e. The number of sulfonamides is 1. The first-order valence-electron chi connectivity index (χ1n) is 9.43. The minimum Gasteiger partial charge on any atom is -0.465 e. The number of allylic oxidation sites excluding steroid dienone is 1. The summed E-state index contributed by atoms with van der Waals surface area (Å²) in [4.78, 5) is 12.4. The number of halogens is 1. The first kappa shape index (κ1) is 20.0. The van der Waals surface area contributed by atoms with E-state index in [1.54, 1.807) is 36.4 Å². The molecule has 2 unspecified atom stereocenters. The van der Waals surface area contributed by atoms with Crippen molar-refractivity contribution in [1.29, 1.82) is 0 Å². The van der Waals surface area contributed by atoms with Crippen LogP contribution in [0.4, 0.5) is 5.69 Å². The van der Waals surface area contributed by atoms with E-state index in [0.717, 1.165) is 17.6 Å². The van der Waals surface area contributed by atoms with Crippen molar-refractivity contribution in [2.24, 2.45) is 11.3 Å². The Morgan fingerprint density at radius 2 is 1.76 bits per heavy atom. The molecular weight excluding hydrogens is 410 g/mol. The number of fused-ring (bicyclic) bond motifs is 1. The number of carbonyl (C=O) groups is 1. The number of esters is 1. The number of benzene rings is 2. The van der Waals surface area contributed by atoms with Crippen molar-refractivity contribution in [2.45, 2.75) is 25.0 Å². The summed E-state index contributed by atoms with van der Waals surface area (Å²) in [6.07, 6.45) is 2.06. The molecule has 0 amide bonds. The van der Waals surface area contributed by atoms with Gasteiger partial charge in [0.05, 0.1) is 17.8 Å². The molecule has 2 aromatic carbocycles. The van der Waals surface area contributed by atoms with Gasteiger partial charge >= 0.3 is 5.97 Å². The van der Waals surface area contributed by atoms with Gasteiger partial charge in [0.15, 0.2) is 0 Å². The van der Waals surface area contributed by atoms with Crippen LogP contribution < -0.4 is 4.72 Å². The van der Waals surface area contributed by atoms with Crippen molar-refractivity contribution >= 4 is 33.3 Å². The van der Waals surface area contributed by atoms with Crippen molar-refractivity contribution in [3.05, 3.63) is 76.8 Å².